The Kier molecular flexibility index (Phi) is 3.15. The van der Waals surface area contributed by atoms with Gasteiger partial charge in [-0.15, -0.1) is 0 Å². The molecule has 1 aromatic rings. The van der Waals surface area contributed by atoms with Crippen LogP contribution >= 0.6 is 11.6 Å². The molecule has 1 rings (SSSR count). The van der Waals surface area contributed by atoms with Gasteiger partial charge in [0, 0.05) is 6.07 Å². The molecule has 7 heteroatoms. The molecule has 0 spiro atoms. The fourth-order valence-electron chi connectivity index (χ4n) is 0.764. The molecule has 0 bridgehead atoms. The summed E-state index contributed by atoms with van der Waals surface area (Å²) in [6, 6.07) is 0.704. The van der Waals surface area contributed by atoms with Crippen LogP contribution in [0, 0.1) is 0 Å². The Bertz CT molecular complexity index is 329. The van der Waals surface area contributed by atoms with Crippen LogP contribution in [0.2, 0.25) is 5.28 Å². The van der Waals surface area contributed by atoms with Crippen LogP contribution in [0.25, 0.3) is 0 Å². The third kappa shape index (κ3) is 2.73. The lowest BCUT2D eigenvalue weighted by Crippen LogP contribution is -2.09. The van der Waals surface area contributed by atoms with Crippen molar-refractivity contribution in [3.63, 3.8) is 0 Å². The summed E-state index contributed by atoms with van der Waals surface area (Å²) < 4.78 is 41.3. The molecule has 0 aliphatic rings. The molecular formula is C7H6ClF3N2O. The summed E-state index contributed by atoms with van der Waals surface area (Å²) in [5, 5.41) is -0.483. The van der Waals surface area contributed by atoms with Crippen LogP contribution in [0.15, 0.2) is 6.07 Å². The lowest BCUT2D eigenvalue weighted by Gasteiger charge is -2.07. The maximum atomic E-state index is 12.2. The van der Waals surface area contributed by atoms with Gasteiger partial charge in [0.2, 0.25) is 11.2 Å². The van der Waals surface area contributed by atoms with E-state index in [9.17, 15) is 13.2 Å². The van der Waals surface area contributed by atoms with Gasteiger partial charge < -0.3 is 4.74 Å². The van der Waals surface area contributed by atoms with E-state index in [1.807, 2.05) is 0 Å². The van der Waals surface area contributed by atoms with E-state index in [0.29, 0.717) is 6.07 Å². The molecule has 0 unspecified atom stereocenters. The maximum Gasteiger partial charge on any atom is 0.433 e. The number of rotatable bonds is 2. The zero-order chi connectivity index (χ0) is 10.8. The Morgan fingerprint density at radius 2 is 2.07 bits per heavy atom. The van der Waals surface area contributed by atoms with Gasteiger partial charge in [-0.3, -0.25) is 0 Å². The van der Waals surface area contributed by atoms with E-state index in [-0.39, 0.29) is 12.5 Å². The summed E-state index contributed by atoms with van der Waals surface area (Å²) in [5.41, 5.74) is -1.11. The van der Waals surface area contributed by atoms with Gasteiger partial charge >= 0.3 is 6.18 Å². The van der Waals surface area contributed by atoms with Crippen LogP contribution in [-0.4, -0.2) is 16.6 Å². The van der Waals surface area contributed by atoms with Crippen LogP contribution < -0.4 is 4.74 Å². The summed E-state index contributed by atoms with van der Waals surface area (Å²) in [6.07, 6.45) is -4.54. The zero-order valence-electron chi connectivity index (χ0n) is 7.10. The molecule has 0 aliphatic carbocycles. The molecule has 0 saturated heterocycles. The zero-order valence-corrected chi connectivity index (χ0v) is 7.85. The van der Waals surface area contributed by atoms with Crippen molar-refractivity contribution in [3.8, 4) is 5.88 Å². The molecule has 3 nitrogen and oxygen atoms in total. The second kappa shape index (κ2) is 4.00. The predicted octanol–water partition coefficient (Wildman–Crippen LogP) is 2.55. The number of nitrogens with zero attached hydrogens (tertiary/aromatic N) is 2. The second-order valence-corrected chi connectivity index (χ2v) is 2.63. The molecule has 78 valence electrons. The van der Waals surface area contributed by atoms with Crippen molar-refractivity contribution in [2.24, 2.45) is 0 Å². The molecule has 0 aliphatic heterocycles. The Labute approximate surface area is 82.9 Å². The molecule has 0 N–H and O–H groups in total. The predicted molar refractivity (Wildman–Crippen MR) is 43.2 cm³/mol. The molecule has 0 fully saturated rings. The van der Waals surface area contributed by atoms with E-state index in [1.54, 1.807) is 6.92 Å². The molecule has 0 radical (unpaired) electrons. The van der Waals surface area contributed by atoms with Crippen LogP contribution in [0.1, 0.15) is 12.6 Å². The van der Waals surface area contributed by atoms with Crippen molar-refractivity contribution in [1.82, 2.24) is 9.97 Å². The van der Waals surface area contributed by atoms with Crippen LogP contribution in [0.5, 0.6) is 5.88 Å². The summed E-state index contributed by atoms with van der Waals surface area (Å²) in [4.78, 5) is 6.51. The molecule has 1 aromatic heterocycles. The van der Waals surface area contributed by atoms with Gasteiger partial charge in [0.25, 0.3) is 0 Å². The Morgan fingerprint density at radius 1 is 1.43 bits per heavy atom. The molecule has 0 amide bonds. The summed E-state index contributed by atoms with van der Waals surface area (Å²) >= 11 is 5.29. The minimum atomic E-state index is -4.54. The summed E-state index contributed by atoms with van der Waals surface area (Å²) in [5.74, 6) is -0.181. The number of aromatic nitrogens is 2. The van der Waals surface area contributed by atoms with Gasteiger partial charge in [0.1, 0.15) is 0 Å². The van der Waals surface area contributed by atoms with Crippen molar-refractivity contribution in [1.29, 1.82) is 0 Å². The van der Waals surface area contributed by atoms with Crippen molar-refractivity contribution < 1.29 is 17.9 Å². The third-order valence-corrected chi connectivity index (χ3v) is 1.43. The van der Waals surface area contributed by atoms with E-state index in [0.717, 1.165) is 0 Å². The highest BCUT2D eigenvalue weighted by Gasteiger charge is 2.33. The number of halogens is 4. The monoisotopic (exact) mass is 226 g/mol. The fraction of sp³-hybridized carbons (Fsp3) is 0.429. The van der Waals surface area contributed by atoms with Crippen molar-refractivity contribution in [2.75, 3.05) is 6.61 Å². The second-order valence-electron chi connectivity index (χ2n) is 2.29. The highest BCUT2D eigenvalue weighted by Crippen LogP contribution is 2.30. The van der Waals surface area contributed by atoms with E-state index < -0.39 is 17.2 Å². The minimum absolute atomic E-state index is 0.181. The summed E-state index contributed by atoms with van der Waals surface area (Å²) in [6.45, 7) is 1.84. The van der Waals surface area contributed by atoms with Gasteiger partial charge in [-0.25, -0.2) is 4.98 Å². The minimum Gasteiger partial charge on any atom is -0.478 e. The van der Waals surface area contributed by atoms with Crippen LogP contribution in [0.3, 0.4) is 0 Å². The first-order valence-corrected chi connectivity index (χ1v) is 4.06. The molecule has 0 aromatic carbocycles. The normalized spacial score (nSPS) is 11.5. The summed E-state index contributed by atoms with van der Waals surface area (Å²) in [7, 11) is 0. The molecule has 14 heavy (non-hydrogen) atoms. The Morgan fingerprint density at radius 3 is 2.57 bits per heavy atom. The first kappa shape index (κ1) is 11.0. The smallest absolute Gasteiger partial charge is 0.433 e. The van der Waals surface area contributed by atoms with Crippen LogP contribution in [0.4, 0.5) is 13.2 Å². The lowest BCUT2D eigenvalue weighted by molar-refractivity contribution is -0.141. The third-order valence-electron chi connectivity index (χ3n) is 1.26. The first-order chi connectivity index (χ1) is 6.43. The Hall–Kier alpha value is -1.04. The quantitative estimate of drug-likeness (QED) is 0.727. The number of hydrogen-bond acceptors (Lipinski definition) is 3. The average molecular weight is 227 g/mol. The van der Waals surface area contributed by atoms with Gasteiger partial charge in [-0.1, -0.05) is 0 Å². The van der Waals surface area contributed by atoms with Crippen LogP contribution in [-0.2, 0) is 6.18 Å². The van der Waals surface area contributed by atoms with E-state index in [1.165, 1.54) is 0 Å². The first-order valence-electron chi connectivity index (χ1n) is 3.68. The van der Waals surface area contributed by atoms with Crippen molar-refractivity contribution >= 4 is 11.6 Å². The van der Waals surface area contributed by atoms with Gasteiger partial charge in [-0.2, -0.15) is 18.2 Å². The SMILES string of the molecule is CCOc1cc(C(F)(F)F)nc(Cl)n1. The highest BCUT2D eigenvalue weighted by molar-refractivity contribution is 6.28. The van der Waals surface area contributed by atoms with Crippen molar-refractivity contribution in [3.05, 3.63) is 17.0 Å². The topological polar surface area (TPSA) is 35.0 Å². The van der Waals surface area contributed by atoms with Crippen molar-refractivity contribution in [2.45, 2.75) is 13.1 Å². The number of alkyl halides is 3. The van der Waals surface area contributed by atoms with Gasteiger partial charge in [0.05, 0.1) is 6.61 Å². The van der Waals surface area contributed by atoms with Gasteiger partial charge in [0.15, 0.2) is 5.69 Å². The molecule has 0 saturated carbocycles. The number of ether oxygens (including phenoxy) is 1. The molecular weight excluding hydrogens is 221 g/mol. The molecule has 0 atom stereocenters. The lowest BCUT2D eigenvalue weighted by atomic mass is 10.4. The molecule has 1 heterocycles. The number of hydrogen-bond donors (Lipinski definition) is 0. The van der Waals surface area contributed by atoms with Gasteiger partial charge in [-0.05, 0) is 18.5 Å². The Balaban J connectivity index is 3.07. The highest BCUT2D eigenvalue weighted by atomic mass is 35.5. The average Bonchev–Trinajstić information content (AvgIpc) is 2.02. The largest absolute Gasteiger partial charge is 0.478 e. The maximum absolute atomic E-state index is 12.2. The van der Waals surface area contributed by atoms with E-state index in [2.05, 4.69) is 9.97 Å². The standard InChI is InChI=1S/C7H6ClF3N2O/c1-2-14-5-3-4(7(9,10)11)12-6(8)13-5/h3H,2H2,1H3. The van der Waals surface area contributed by atoms with E-state index >= 15 is 0 Å². The van der Waals surface area contributed by atoms with E-state index in [4.69, 9.17) is 16.3 Å². The fourth-order valence-corrected chi connectivity index (χ4v) is 0.938.